The Morgan fingerprint density at radius 3 is 1.15 bits per heavy atom. The molecule has 4 heteroatoms. The fraction of sp³-hybridized carbons (Fsp3) is 1.00. The van der Waals surface area contributed by atoms with Gasteiger partial charge in [0.25, 0.3) is 0 Å². The van der Waals surface area contributed by atoms with Crippen LogP contribution in [0.25, 0.3) is 0 Å². The monoisotopic (exact) mass is 356 g/mol. The molecule has 0 aromatic carbocycles. The molecule has 0 aliphatic rings. The van der Waals surface area contributed by atoms with Gasteiger partial charge in [-0.15, -0.1) is 0 Å². The molecule has 0 atom stereocenters. The number of hydrogen-bond donors (Lipinski definition) is 3. The molecule has 0 saturated heterocycles. The normalized spacial score (nSPS) is 14.2. The van der Waals surface area contributed by atoms with Gasteiger partial charge >= 0.3 is 144 Å². The van der Waals surface area contributed by atoms with Gasteiger partial charge in [-0.1, -0.05) is 0 Å². The molecule has 0 aliphatic carbocycles. The van der Waals surface area contributed by atoms with Crippen LogP contribution in [0.3, 0.4) is 0 Å². The van der Waals surface area contributed by atoms with E-state index in [1.165, 1.54) is 77.0 Å². The molecule has 0 aromatic rings. The van der Waals surface area contributed by atoms with Crippen LogP contribution in [0, 0.1) is 0 Å². The Bertz CT molecular complexity index is 203. The van der Waals surface area contributed by atoms with Crippen molar-refractivity contribution >= 4 is 41.0 Å². The zero-order valence-corrected chi connectivity index (χ0v) is 17.3. The van der Waals surface area contributed by atoms with Crippen molar-refractivity contribution in [1.29, 1.82) is 0 Å². The van der Waals surface area contributed by atoms with Crippen LogP contribution in [0.4, 0.5) is 0 Å². The van der Waals surface area contributed by atoms with Gasteiger partial charge in [-0.3, -0.25) is 0 Å². The van der Waals surface area contributed by atoms with Crippen molar-refractivity contribution in [3.05, 3.63) is 0 Å². The van der Waals surface area contributed by atoms with Crippen LogP contribution in [-0.2, 0) is 0 Å². The van der Waals surface area contributed by atoms with Crippen molar-refractivity contribution in [2.45, 2.75) is 90.9 Å². The third-order valence-electron chi connectivity index (χ3n) is 3.94. The van der Waals surface area contributed by atoms with E-state index in [-0.39, 0.29) is 0 Å². The molecule has 0 amide bonds. The molecule has 0 saturated carbocycles. The summed E-state index contributed by atoms with van der Waals surface area (Å²) >= 11 is 14.7. The van der Waals surface area contributed by atoms with E-state index >= 15 is 0 Å². The maximum atomic E-state index is 4.89. The molecule has 0 aliphatic heterocycles. The molecule has 20 heavy (non-hydrogen) atoms. The van der Waals surface area contributed by atoms with E-state index in [9.17, 15) is 0 Å². The van der Waals surface area contributed by atoms with Crippen LogP contribution < -0.4 is 0 Å². The van der Waals surface area contributed by atoms with Crippen molar-refractivity contribution in [2.75, 3.05) is 12.3 Å². The summed E-state index contributed by atoms with van der Waals surface area (Å²) in [5.74, 6) is 0. The van der Waals surface area contributed by atoms with E-state index in [4.69, 9.17) is 36.7 Å². The number of thiol groups is 3. The second kappa shape index (κ2) is 12.0. The van der Waals surface area contributed by atoms with Crippen LogP contribution in [0.5, 0.6) is 0 Å². The van der Waals surface area contributed by atoms with Crippen LogP contribution >= 0.6 is 41.0 Å². The minimum absolute atomic E-state index is 1.13. The molecule has 0 nitrogen and oxygen atoms in total. The van der Waals surface area contributed by atoms with E-state index in [1.54, 1.807) is 0 Å². The predicted molar refractivity (Wildman–Crippen MR) is 110 cm³/mol. The Balaban J connectivity index is 3.64. The van der Waals surface area contributed by atoms with Gasteiger partial charge < -0.3 is 0 Å². The molecule has 0 bridgehead atoms. The van der Waals surface area contributed by atoms with Gasteiger partial charge in [-0.05, 0) is 0 Å². The van der Waals surface area contributed by atoms with Crippen LogP contribution in [0.15, 0.2) is 0 Å². The molecule has 124 valence electrons. The molecule has 0 unspecified atom stereocenters. The second-order valence-corrected chi connectivity index (χ2v) is 21.4. The van der Waals surface area contributed by atoms with E-state index in [2.05, 4.69) is 13.8 Å². The molecule has 0 radical (unpaired) electrons. The zero-order valence-electron chi connectivity index (χ0n) is 13.7. The Morgan fingerprint density at radius 1 is 0.500 bits per heavy atom. The van der Waals surface area contributed by atoms with Crippen LogP contribution in [-0.4, -0.2) is 12.3 Å². The van der Waals surface area contributed by atoms with Gasteiger partial charge in [0.2, 0.25) is 0 Å². The molecule has 0 N–H and O–H groups in total. The Morgan fingerprint density at radius 2 is 0.800 bits per heavy atom. The third-order valence-corrected chi connectivity index (χ3v) is 10.0. The quantitative estimate of drug-likeness (QED) is 0.158. The van der Waals surface area contributed by atoms with Crippen molar-refractivity contribution in [1.82, 2.24) is 0 Å². The summed E-state index contributed by atoms with van der Waals surface area (Å²) in [6, 6.07) is 0. The van der Waals surface area contributed by atoms with Gasteiger partial charge in [0, 0.05) is 0 Å². The summed E-state index contributed by atoms with van der Waals surface area (Å²) < 4.78 is -2.22. The SMILES string of the molecule is CCCCCCCCP(S)(S)(S)CCCCCCCC. The van der Waals surface area contributed by atoms with Crippen LogP contribution in [0.1, 0.15) is 90.9 Å². The van der Waals surface area contributed by atoms with E-state index in [1.807, 2.05) is 0 Å². The average Bonchev–Trinajstić information content (AvgIpc) is 2.37. The number of rotatable bonds is 14. The summed E-state index contributed by atoms with van der Waals surface area (Å²) in [5.41, 5.74) is 0. The Kier molecular flexibility index (Phi) is 12.9. The molecule has 0 aromatic heterocycles. The zero-order chi connectivity index (χ0) is 15.3. The van der Waals surface area contributed by atoms with E-state index < -0.39 is 4.21 Å². The van der Waals surface area contributed by atoms with Crippen molar-refractivity contribution < 1.29 is 0 Å². The third kappa shape index (κ3) is 14.4. The van der Waals surface area contributed by atoms with Gasteiger partial charge in [0.1, 0.15) is 0 Å². The molecule has 0 rings (SSSR count). The fourth-order valence-corrected chi connectivity index (χ4v) is 7.06. The predicted octanol–water partition coefficient (Wildman–Crippen LogP) is 7.80. The summed E-state index contributed by atoms with van der Waals surface area (Å²) in [6.07, 6.45) is 18.3. The standard InChI is InChI=1S/C16H37PS3/c1-3-5-7-9-11-13-15-17(18,19,20)16-14-12-10-8-6-4-2/h18-20H,3-16H2,1-2H3. The number of unbranched alkanes of at least 4 members (excludes halogenated alkanes) is 10. The topological polar surface area (TPSA) is 0 Å². The Labute approximate surface area is 144 Å². The van der Waals surface area contributed by atoms with Crippen molar-refractivity contribution in [3.63, 3.8) is 0 Å². The molecule has 0 heterocycles. The molecule has 0 spiro atoms. The molecule has 0 fully saturated rings. The van der Waals surface area contributed by atoms with E-state index in [0.29, 0.717) is 0 Å². The first-order valence-corrected chi connectivity index (χ1v) is 14.7. The molecular weight excluding hydrogens is 319 g/mol. The first-order valence-electron chi connectivity index (χ1n) is 8.65. The second-order valence-electron chi connectivity index (χ2n) is 6.32. The van der Waals surface area contributed by atoms with E-state index in [0.717, 1.165) is 12.3 Å². The fourth-order valence-electron chi connectivity index (χ4n) is 2.54. The summed E-state index contributed by atoms with van der Waals surface area (Å²) in [4.78, 5) is 0. The van der Waals surface area contributed by atoms with Crippen molar-refractivity contribution in [2.24, 2.45) is 0 Å². The van der Waals surface area contributed by atoms with Gasteiger partial charge in [-0.25, -0.2) is 0 Å². The van der Waals surface area contributed by atoms with Crippen LogP contribution in [0.2, 0.25) is 0 Å². The Hall–Kier alpha value is 1.48. The van der Waals surface area contributed by atoms with Gasteiger partial charge in [-0.2, -0.15) is 0 Å². The summed E-state index contributed by atoms with van der Waals surface area (Å²) in [7, 11) is 0. The summed E-state index contributed by atoms with van der Waals surface area (Å²) in [6.45, 7) is 4.53. The average molecular weight is 357 g/mol. The van der Waals surface area contributed by atoms with Gasteiger partial charge in [0.05, 0.1) is 0 Å². The maximum absolute atomic E-state index is 4.89. The van der Waals surface area contributed by atoms with Gasteiger partial charge in [0.15, 0.2) is 0 Å². The first-order chi connectivity index (χ1) is 9.39. The summed E-state index contributed by atoms with van der Waals surface area (Å²) in [5, 5.41) is 0. The minimum atomic E-state index is -2.22. The number of hydrogen-bond acceptors (Lipinski definition) is 3. The first kappa shape index (κ1) is 21.5. The van der Waals surface area contributed by atoms with Crippen molar-refractivity contribution in [3.8, 4) is 0 Å². The molecular formula is C16H37PS3.